The first-order valence-corrected chi connectivity index (χ1v) is 11.7. The first-order valence-electron chi connectivity index (χ1n) is 9.38. The number of ether oxygens (including phenoxy) is 2. The summed E-state index contributed by atoms with van der Waals surface area (Å²) in [6, 6.07) is 8.59. The van der Waals surface area contributed by atoms with Gasteiger partial charge in [-0.05, 0) is 36.4 Å². The van der Waals surface area contributed by atoms with Crippen molar-refractivity contribution in [2.24, 2.45) is 0 Å². The topological polar surface area (TPSA) is 94.8 Å². The van der Waals surface area contributed by atoms with E-state index in [9.17, 15) is 8.42 Å². The third-order valence-electron chi connectivity index (χ3n) is 5.06. The van der Waals surface area contributed by atoms with Crippen LogP contribution in [-0.2, 0) is 10.0 Å². The zero-order chi connectivity index (χ0) is 19.8. The predicted molar refractivity (Wildman–Crippen MR) is 106 cm³/mol. The minimum atomic E-state index is -3.66. The third kappa shape index (κ3) is 3.52. The van der Waals surface area contributed by atoms with E-state index in [2.05, 4.69) is 10.2 Å². The Hall–Kier alpha value is -2.43. The van der Waals surface area contributed by atoms with Crippen LogP contribution >= 0.6 is 11.3 Å². The molecule has 0 radical (unpaired) electrons. The maximum absolute atomic E-state index is 13.2. The molecule has 29 heavy (non-hydrogen) atoms. The molecule has 0 bridgehead atoms. The molecule has 0 unspecified atom stereocenters. The van der Waals surface area contributed by atoms with Crippen LogP contribution in [0.2, 0.25) is 0 Å². The van der Waals surface area contributed by atoms with Gasteiger partial charge in [0.15, 0.2) is 11.5 Å². The molecule has 2 aliphatic rings. The van der Waals surface area contributed by atoms with Crippen molar-refractivity contribution < 1.29 is 22.3 Å². The summed E-state index contributed by atoms with van der Waals surface area (Å²) in [4.78, 5) is 1.10. The zero-order valence-electron chi connectivity index (χ0n) is 15.5. The average Bonchev–Trinajstić information content (AvgIpc) is 3.45. The van der Waals surface area contributed by atoms with E-state index in [1.807, 2.05) is 17.5 Å². The summed E-state index contributed by atoms with van der Waals surface area (Å²) in [6.45, 7) is 1.64. The van der Waals surface area contributed by atoms with Crippen molar-refractivity contribution >= 4 is 21.4 Å². The fourth-order valence-electron chi connectivity index (χ4n) is 3.59. The number of piperidine rings is 1. The van der Waals surface area contributed by atoms with Gasteiger partial charge < -0.3 is 13.9 Å². The number of benzene rings is 1. The van der Waals surface area contributed by atoms with Crippen molar-refractivity contribution in [3.05, 3.63) is 41.6 Å². The number of thiophene rings is 1. The van der Waals surface area contributed by atoms with E-state index in [0.29, 0.717) is 49.6 Å². The third-order valence-corrected chi connectivity index (χ3v) is 7.78. The summed E-state index contributed by atoms with van der Waals surface area (Å²) < 4.78 is 44.8. The molecule has 1 atom stereocenters. The Balaban J connectivity index is 1.37. The second-order valence-corrected chi connectivity index (χ2v) is 9.82. The van der Waals surface area contributed by atoms with Crippen LogP contribution in [0.1, 0.15) is 24.7 Å². The number of hydrogen-bond donors (Lipinski definition) is 0. The minimum Gasteiger partial charge on any atom is -0.486 e. The maximum atomic E-state index is 13.2. The first-order chi connectivity index (χ1) is 14.1. The SMILES string of the molecule is O=S(=O)(c1ccc2c(c1)OCCO2)N1CCC[C@H](c2nnc(-c3cccs3)o2)C1. The molecular formula is C19H19N3O5S2. The van der Waals surface area contributed by atoms with Crippen LogP contribution in [0, 0.1) is 0 Å². The monoisotopic (exact) mass is 433 g/mol. The Morgan fingerprint density at radius 1 is 1.10 bits per heavy atom. The molecule has 152 valence electrons. The number of aromatic nitrogens is 2. The standard InChI is InChI=1S/C19H19N3O5S2/c23-29(24,14-5-6-15-16(11-14)26-9-8-25-15)22-7-1-3-13(12-22)18-20-21-19(27-18)17-4-2-10-28-17/h2,4-6,10-11,13H,1,3,7-9,12H2/t13-/m0/s1. The van der Waals surface area contributed by atoms with Crippen LogP contribution in [0.4, 0.5) is 0 Å². The maximum Gasteiger partial charge on any atom is 0.257 e. The van der Waals surface area contributed by atoms with Crippen LogP contribution < -0.4 is 9.47 Å². The lowest BCUT2D eigenvalue weighted by Crippen LogP contribution is -2.39. The molecule has 2 aliphatic heterocycles. The van der Waals surface area contributed by atoms with Gasteiger partial charge in [-0.25, -0.2) is 8.42 Å². The normalized spacial score (nSPS) is 19.9. The summed E-state index contributed by atoms with van der Waals surface area (Å²) >= 11 is 1.52. The van der Waals surface area contributed by atoms with Crippen molar-refractivity contribution in [1.29, 1.82) is 0 Å². The molecule has 2 aromatic heterocycles. The smallest absolute Gasteiger partial charge is 0.257 e. The molecule has 0 saturated carbocycles. The Labute approximate surface area is 172 Å². The lowest BCUT2D eigenvalue weighted by atomic mass is 10.00. The highest BCUT2D eigenvalue weighted by molar-refractivity contribution is 7.89. The fraction of sp³-hybridized carbons (Fsp3) is 0.368. The van der Waals surface area contributed by atoms with Crippen LogP contribution in [0.25, 0.3) is 10.8 Å². The average molecular weight is 434 g/mol. The van der Waals surface area contributed by atoms with Gasteiger partial charge in [0.2, 0.25) is 15.9 Å². The highest BCUT2D eigenvalue weighted by Crippen LogP contribution is 2.35. The molecule has 8 nitrogen and oxygen atoms in total. The van der Waals surface area contributed by atoms with Crippen molar-refractivity contribution in [3.8, 4) is 22.3 Å². The highest BCUT2D eigenvalue weighted by atomic mass is 32.2. The van der Waals surface area contributed by atoms with Gasteiger partial charge in [0, 0.05) is 19.2 Å². The molecule has 1 fully saturated rings. The molecule has 4 heterocycles. The number of hydrogen-bond acceptors (Lipinski definition) is 8. The Morgan fingerprint density at radius 3 is 2.79 bits per heavy atom. The fourth-order valence-corrected chi connectivity index (χ4v) is 5.78. The van der Waals surface area contributed by atoms with Crippen LogP contribution in [0.15, 0.2) is 45.0 Å². The van der Waals surface area contributed by atoms with Gasteiger partial charge in [0.1, 0.15) is 13.2 Å². The van der Waals surface area contributed by atoms with E-state index in [1.165, 1.54) is 21.7 Å². The molecule has 0 spiro atoms. The van der Waals surface area contributed by atoms with Crippen molar-refractivity contribution in [2.75, 3.05) is 26.3 Å². The summed E-state index contributed by atoms with van der Waals surface area (Å²) in [5, 5.41) is 10.2. The second kappa shape index (κ2) is 7.43. The molecular weight excluding hydrogens is 414 g/mol. The molecule has 0 aliphatic carbocycles. The van der Waals surface area contributed by atoms with Crippen molar-refractivity contribution in [3.63, 3.8) is 0 Å². The first kappa shape index (κ1) is 18.6. The molecule has 1 aromatic carbocycles. The molecule has 10 heteroatoms. The van der Waals surface area contributed by atoms with E-state index >= 15 is 0 Å². The summed E-state index contributed by atoms with van der Waals surface area (Å²) in [5.41, 5.74) is 0. The van der Waals surface area contributed by atoms with Crippen molar-refractivity contribution in [2.45, 2.75) is 23.7 Å². The van der Waals surface area contributed by atoms with Gasteiger partial charge >= 0.3 is 0 Å². The van der Waals surface area contributed by atoms with Gasteiger partial charge in [0.25, 0.3) is 5.89 Å². The molecule has 1 saturated heterocycles. The molecule has 3 aromatic rings. The van der Waals surface area contributed by atoms with E-state index in [0.717, 1.165) is 17.7 Å². The second-order valence-electron chi connectivity index (χ2n) is 6.93. The van der Waals surface area contributed by atoms with E-state index in [1.54, 1.807) is 12.1 Å². The Kier molecular flexibility index (Phi) is 4.76. The van der Waals surface area contributed by atoms with Crippen LogP contribution in [-0.4, -0.2) is 49.2 Å². The molecule has 5 rings (SSSR count). The summed E-state index contributed by atoms with van der Waals surface area (Å²) in [6.07, 6.45) is 1.53. The Morgan fingerprint density at radius 2 is 1.97 bits per heavy atom. The summed E-state index contributed by atoms with van der Waals surface area (Å²) in [5.74, 6) is 1.86. The van der Waals surface area contributed by atoms with E-state index < -0.39 is 10.0 Å². The van der Waals surface area contributed by atoms with E-state index in [4.69, 9.17) is 13.9 Å². The predicted octanol–water partition coefficient (Wildman–Crippen LogP) is 3.14. The van der Waals surface area contributed by atoms with Crippen molar-refractivity contribution in [1.82, 2.24) is 14.5 Å². The van der Waals surface area contributed by atoms with Gasteiger partial charge in [-0.3, -0.25) is 0 Å². The lowest BCUT2D eigenvalue weighted by Gasteiger charge is -2.30. The zero-order valence-corrected chi connectivity index (χ0v) is 17.1. The largest absolute Gasteiger partial charge is 0.486 e. The Bertz CT molecular complexity index is 1110. The van der Waals surface area contributed by atoms with Gasteiger partial charge in [0.05, 0.1) is 15.7 Å². The van der Waals surface area contributed by atoms with Crippen LogP contribution in [0.3, 0.4) is 0 Å². The summed E-state index contributed by atoms with van der Waals surface area (Å²) in [7, 11) is -3.66. The number of fused-ring (bicyclic) bond motifs is 1. The molecule has 0 amide bonds. The van der Waals surface area contributed by atoms with Crippen LogP contribution in [0.5, 0.6) is 11.5 Å². The van der Waals surface area contributed by atoms with Gasteiger partial charge in [-0.1, -0.05) is 6.07 Å². The van der Waals surface area contributed by atoms with Gasteiger partial charge in [-0.15, -0.1) is 21.5 Å². The minimum absolute atomic E-state index is 0.128. The quantitative estimate of drug-likeness (QED) is 0.624. The highest BCUT2D eigenvalue weighted by Gasteiger charge is 2.34. The molecule has 0 N–H and O–H groups in total. The van der Waals surface area contributed by atoms with E-state index in [-0.39, 0.29) is 10.8 Å². The van der Waals surface area contributed by atoms with Gasteiger partial charge in [-0.2, -0.15) is 4.31 Å². The number of nitrogens with zero attached hydrogens (tertiary/aromatic N) is 3. The number of rotatable bonds is 4. The number of sulfonamides is 1. The lowest BCUT2D eigenvalue weighted by molar-refractivity contribution is 0.171.